The van der Waals surface area contributed by atoms with E-state index >= 15 is 0 Å². The molecule has 2 unspecified atom stereocenters. The maximum absolute atomic E-state index is 13.7. The number of nitrogens with zero attached hydrogens (tertiary/aromatic N) is 1. The molecule has 9 nitrogen and oxygen atoms in total. The smallest absolute Gasteiger partial charge is 0.310 e. The number of cyclic esters (lactones) is 1. The summed E-state index contributed by atoms with van der Waals surface area (Å²) in [6.45, 7) is 0. The van der Waals surface area contributed by atoms with Gasteiger partial charge in [0.05, 0.1) is 12.1 Å². The Kier molecular flexibility index (Phi) is 6.25. The molecule has 0 saturated carbocycles. The van der Waals surface area contributed by atoms with Gasteiger partial charge in [0, 0.05) is 12.8 Å². The van der Waals surface area contributed by atoms with Crippen LogP contribution in [0.3, 0.4) is 0 Å². The van der Waals surface area contributed by atoms with Gasteiger partial charge in [-0.1, -0.05) is 48.5 Å². The number of benzene rings is 2. The van der Waals surface area contributed by atoms with Crippen molar-refractivity contribution in [1.29, 1.82) is 0 Å². The van der Waals surface area contributed by atoms with Gasteiger partial charge in [0.1, 0.15) is 18.1 Å². The van der Waals surface area contributed by atoms with Crippen LogP contribution in [0.25, 0.3) is 0 Å². The number of rotatable bonds is 6. The topological polar surface area (TPSA) is 125 Å². The van der Waals surface area contributed by atoms with Crippen LogP contribution in [0.15, 0.2) is 48.5 Å². The first-order valence-corrected chi connectivity index (χ1v) is 11.9. The molecule has 3 aliphatic rings. The largest absolute Gasteiger partial charge is 0.434 e. The molecule has 35 heavy (non-hydrogen) atoms. The van der Waals surface area contributed by atoms with E-state index in [2.05, 4.69) is 10.6 Å². The number of amides is 3. The molecule has 1 saturated heterocycles. The Morgan fingerprint density at radius 1 is 1.00 bits per heavy atom. The van der Waals surface area contributed by atoms with Crippen molar-refractivity contribution in [1.82, 2.24) is 10.6 Å². The summed E-state index contributed by atoms with van der Waals surface area (Å²) < 4.78 is 4.71. The normalized spacial score (nSPS) is 25.0. The molecule has 3 aliphatic heterocycles. The molecule has 0 spiro atoms. The summed E-state index contributed by atoms with van der Waals surface area (Å²) in [5.41, 5.74) is 3.59. The van der Waals surface area contributed by atoms with Gasteiger partial charge in [-0.2, -0.15) is 0 Å². The third-order valence-corrected chi connectivity index (χ3v) is 6.84. The second-order valence-corrected chi connectivity index (χ2v) is 9.20. The third kappa shape index (κ3) is 4.64. The molecule has 0 radical (unpaired) electrons. The van der Waals surface area contributed by atoms with E-state index in [4.69, 9.17) is 4.74 Å². The number of carbonyl (C=O) groups excluding carboxylic acids is 4. The van der Waals surface area contributed by atoms with E-state index in [9.17, 15) is 24.3 Å². The molecule has 1 fully saturated rings. The quantitative estimate of drug-likeness (QED) is 0.528. The second-order valence-electron chi connectivity index (χ2n) is 9.20. The van der Waals surface area contributed by atoms with Crippen molar-refractivity contribution in [3.05, 3.63) is 65.2 Å². The number of anilines is 1. The second kappa shape index (κ2) is 9.50. The molecule has 0 aliphatic carbocycles. The Balaban J connectivity index is 1.32. The predicted molar refractivity (Wildman–Crippen MR) is 125 cm³/mol. The van der Waals surface area contributed by atoms with Crippen molar-refractivity contribution in [2.75, 3.05) is 4.90 Å². The summed E-state index contributed by atoms with van der Waals surface area (Å²) in [6, 6.07) is 12.9. The third-order valence-electron chi connectivity index (χ3n) is 6.84. The van der Waals surface area contributed by atoms with Crippen molar-refractivity contribution in [3.63, 3.8) is 0 Å². The van der Waals surface area contributed by atoms with E-state index in [1.165, 1.54) is 4.90 Å². The highest BCUT2D eigenvalue weighted by Crippen LogP contribution is 2.39. The van der Waals surface area contributed by atoms with Crippen LogP contribution in [0.1, 0.15) is 36.0 Å². The van der Waals surface area contributed by atoms with Crippen LogP contribution < -0.4 is 15.5 Å². The number of nitrogens with one attached hydrogen (secondary N) is 2. The maximum atomic E-state index is 13.7. The van der Waals surface area contributed by atoms with Crippen LogP contribution in [0.2, 0.25) is 0 Å². The maximum Gasteiger partial charge on any atom is 0.310 e. The average molecular weight is 478 g/mol. The molecular formula is C26H27N3O6. The highest BCUT2D eigenvalue weighted by atomic mass is 16.6. The van der Waals surface area contributed by atoms with Crippen LogP contribution in [0, 0.1) is 0 Å². The summed E-state index contributed by atoms with van der Waals surface area (Å²) >= 11 is 0. The highest BCUT2D eigenvalue weighted by molar-refractivity contribution is 6.08. The lowest BCUT2D eigenvalue weighted by Gasteiger charge is -2.28. The molecule has 3 N–H and O–H groups in total. The van der Waals surface area contributed by atoms with Gasteiger partial charge in [-0.05, 0) is 36.0 Å². The van der Waals surface area contributed by atoms with Crippen molar-refractivity contribution in [2.24, 2.45) is 0 Å². The molecule has 2 aromatic carbocycles. The van der Waals surface area contributed by atoms with Crippen molar-refractivity contribution in [2.45, 2.75) is 62.9 Å². The van der Waals surface area contributed by atoms with Gasteiger partial charge in [0.15, 0.2) is 0 Å². The molecule has 5 rings (SSSR count). The lowest BCUT2D eigenvalue weighted by Crippen LogP contribution is -2.56. The standard InChI is InChI=1S/C26H27N3O6/c30-21(12-9-15-5-2-1-3-6-15)27-18-11-10-16-7-4-8-17-13-20(29(23(16)17)25(18)33)24(32)28-19-14-22(31)35-26(19)34/h1-8,18-20,26,34H,9-14H2,(H,27,30)(H,28,32)/t18-,19-,20?,26?/m0/s1. The Labute approximate surface area is 202 Å². The number of hydrogen-bond acceptors (Lipinski definition) is 6. The fraction of sp³-hybridized carbons (Fsp3) is 0.385. The zero-order valence-corrected chi connectivity index (χ0v) is 19.1. The molecule has 3 amide bonds. The molecule has 2 aromatic rings. The molecular weight excluding hydrogens is 450 g/mol. The van der Waals surface area contributed by atoms with Gasteiger partial charge >= 0.3 is 5.97 Å². The van der Waals surface area contributed by atoms with E-state index in [0.29, 0.717) is 25.7 Å². The zero-order valence-electron chi connectivity index (χ0n) is 19.1. The SMILES string of the molecule is O=C(CCc1ccccc1)N[C@H]1CCc2cccc3c2N(C1=O)C(C(=O)N[C@H]1CC(=O)OC1O)C3. The molecule has 182 valence electrons. The minimum absolute atomic E-state index is 0.133. The molecule has 4 atom stereocenters. The zero-order chi connectivity index (χ0) is 24.5. The van der Waals surface area contributed by atoms with E-state index < -0.39 is 36.3 Å². The first-order chi connectivity index (χ1) is 16.9. The number of esters is 1. The lowest BCUT2D eigenvalue weighted by molar-refractivity contribution is -0.155. The van der Waals surface area contributed by atoms with Gasteiger partial charge in [0.25, 0.3) is 0 Å². The van der Waals surface area contributed by atoms with Crippen LogP contribution in [-0.2, 0) is 43.2 Å². The van der Waals surface area contributed by atoms with Gasteiger partial charge < -0.3 is 20.5 Å². The van der Waals surface area contributed by atoms with Crippen LogP contribution >= 0.6 is 0 Å². The molecule has 3 heterocycles. The minimum Gasteiger partial charge on any atom is -0.434 e. The molecule has 0 bridgehead atoms. The van der Waals surface area contributed by atoms with E-state index in [1.807, 2.05) is 48.5 Å². The van der Waals surface area contributed by atoms with Crippen LogP contribution in [-0.4, -0.2) is 53.2 Å². The lowest BCUT2D eigenvalue weighted by atomic mass is 10.0. The average Bonchev–Trinajstić information content (AvgIpc) is 3.35. The van der Waals surface area contributed by atoms with Gasteiger partial charge in [-0.3, -0.25) is 24.1 Å². The Bertz CT molecular complexity index is 1170. The summed E-state index contributed by atoms with van der Waals surface area (Å²) in [6.07, 6.45) is 0.607. The highest BCUT2D eigenvalue weighted by Gasteiger charge is 2.45. The number of aliphatic hydroxyl groups excluding tert-OH is 1. The number of hydrogen-bond donors (Lipinski definition) is 3. The molecule has 9 heteroatoms. The summed E-state index contributed by atoms with van der Waals surface area (Å²) in [4.78, 5) is 52.5. The number of aryl methyl sites for hydroxylation is 2. The van der Waals surface area contributed by atoms with Crippen molar-refractivity contribution < 1.29 is 29.0 Å². The van der Waals surface area contributed by atoms with Gasteiger partial charge in [0.2, 0.25) is 24.0 Å². The summed E-state index contributed by atoms with van der Waals surface area (Å²) in [7, 11) is 0. The van der Waals surface area contributed by atoms with E-state index in [-0.39, 0.29) is 24.7 Å². The fourth-order valence-electron chi connectivity index (χ4n) is 5.09. The summed E-state index contributed by atoms with van der Waals surface area (Å²) in [5.74, 6) is -1.62. The van der Waals surface area contributed by atoms with Crippen molar-refractivity contribution >= 4 is 29.4 Å². The number of aliphatic hydroxyl groups is 1. The Hall–Kier alpha value is -3.72. The van der Waals surface area contributed by atoms with Gasteiger partial charge in [-0.25, -0.2) is 0 Å². The number of ether oxygens (including phenoxy) is 1. The number of para-hydroxylation sites is 1. The minimum atomic E-state index is -1.41. The fourth-order valence-corrected chi connectivity index (χ4v) is 5.09. The van der Waals surface area contributed by atoms with Gasteiger partial charge in [-0.15, -0.1) is 0 Å². The first-order valence-electron chi connectivity index (χ1n) is 11.9. The summed E-state index contributed by atoms with van der Waals surface area (Å²) in [5, 5.41) is 15.4. The first kappa shape index (κ1) is 23.0. The van der Waals surface area contributed by atoms with Crippen LogP contribution in [0.5, 0.6) is 0 Å². The Morgan fingerprint density at radius 2 is 1.77 bits per heavy atom. The monoisotopic (exact) mass is 477 g/mol. The van der Waals surface area contributed by atoms with E-state index in [1.54, 1.807) is 0 Å². The van der Waals surface area contributed by atoms with Crippen LogP contribution in [0.4, 0.5) is 5.69 Å². The predicted octanol–water partition coefficient (Wildman–Crippen LogP) is 0.758. The Morgan fingerprint density at radius 3 is 2.51 bits per heavy atom. The van der Waals surface area contributed by atoms with E-state index in [0.717, 1.165) is 22.4 Å². The number of carbonyl (C=O) groups is 4. The van der Waals surface area contributed by atoms with Crippen molar-refractivity contribution in [3.8, 4) is 0 Å². The molecule has 0 aromatic heterocycles.